The lowest BCUT2D eigenvalue weighted by Gasteiger charge is -2.11. The summed E-state index contributed by atoms with van der Waals surface area (Å²) >= 11 is 9.19. The monoisotopic (exact) mass is 357 g/mol. The third-order valence-electron chi connectivity index (χ3n) is 2.72. The van der Waals surface area contributed by atoms with Gasteiger partial charge in [0, 0.05) is 5.56 Å². The van der Waals surface area contributed by atoms with Gasteiger partial charge in [-0.3, -0.25) is 0 Å². The summed E-state index contributed by atoms with van der Waals surface area (Å²) < 4.78 is 13.9. The number of nitrogens with zero attached hydrogens (tertiary/aromatic N) is 2. The molecule has 2 aromatic rings. The highest BCUT2D eigenvalue weighted by molar-refractivity contribution is 9.10. The molecule has 0 radical (unpaired) electrons. The van der Waals surface area contributed by atoms with Crippen LogP contribution in [0.15, 0.2) is 22.7 Å². The number of rotatable bonds is 3. The van der Waals surface area contributed by atoms with Crippen LogP contribution in [0.3, 0.4) is 0 Å². The fourth-order valence-electron chi connectivity index (χ4n) is 1.80. The van der Waals surface area contributed by atoms with Gasteiger partial charge in [-0.2, -0.15) is 0 Å². The SMILES string of the molecule is CC(C)Cc1nc(-c2ccc(F)c(Cl)c2)nc(N)c1Br. The molecule has 20 heavy (non-hydrogen) atoms. The first-order valence-corrected chi connectivity index (χ1v) is 7.33. The van der Waals surface area contributed by atoms with Crippen LogP contribution in [0.25, 0.3) is 11.4 Å². The zero-order chi connectivity index (χ0) is 14.9. The summed E-state index contributed by atoms with van der Waals surface area (Å²) in [5.74, 6) is 0.780. The van der Waals surface area contributed by atoms with Crippen molar-refractivity contribution in [2.24, 2.45) is 5.92 Å². The fourth-order valence-corrected chi connectivity index (χ4v) is 2.32. The van der Waals surface area contributed by atoms with Crippen molar-refractivity contribution < 1.29 is 4.39 Å². The Labute approximate surface area is 130 Å². The molecular weight excluding hydrogens is 345 g/mol. The summed E-state index contributed by atoms with van der Waals surface area (Å²) in [5, 5.41) is 0.0398. The number of halogens is 3. The summed E-state index contributed by atoms with van der Waals surface area (Å²) in [5.41, 5.74) is 7.37. The van der Waals surface area contributed by atoms with E-state index in [1.807, 2.05) is 0 Å². The Morgan fingerprint density at radius 2 is 2.05 bits per heavy atom. The summed E-state index contributed by atoms with van der Waals surface area (Å²) in [7, 11) is 0. The maximum atomic E-state index is 13.2. The first-order chi connectivity index (χ1) is 9.38. The third kappa shape index (κ3) is 3.27. The van der Waals surface area contributed by atoms with Crippen LogP contribution < -0.4 is 5.73 Å². The molecule has 106 valence electrons. The number of hydrogen-bond donors (Lipinski definition) is 1. The van der Waals surface area contributed by atoms with E-state index in [1.165, 1.54) is 12.1 Å². The van der Waals surface area contributed by atoms with Crippen molar-refractivity contribution in [3.8, 4) is 11.4 Å². The van der Waals surface area contributed by atoms with E-state index in [0.717, 1.165) is 12.1 Å². The number of nitrogen functional groups attached to an aromatic ring is 1. The van der Waals surface area contributed by atoms with Gasteiger partial charge in [0.15, 0.2) is 5.82 Å². The van der Waals surface area contributed by atoms with Gasteiger partial charge in [-0.25, -0.2) is 14.4 Å². The second kappa shape index (κ2) is 6.06. The lowest BCUT2D eigenvalue weighted by atomic mass is 10.1. The first-order valence-electron chi connectivity index (χ1n) is 6.15. The normalized spacial score (nSPS) is 11.1. The summed E-state index contributed by atoms with van der Waals surface area (Å²) in [6.07, 6.45) is 0.773. The Balaban J connectivity index is 2.51. The molecule has 0 aliphatic heterocycles. The van der Waals surface area contributed by atoms with Crippen molar-refractivity contribution in [1.82, 2.24) is 9.97 Å². The molecule has 0 unspecified atom stereocenters. The summed E-state index contributed by atoms with van der Waals surface area (Å²) in [6, 6.07) is 4.38. The molecule has 1 aromatic carbocycles. The van der Waals surface area contributed by atoms with E-state index in [-0.39, 0.29) is 5.02 Å². The average molecular weight is 359 g/mol. The maximum Gasteiger partial charge on any atom is 0.161 e. The molecule has 1 aromatic heterocycles. The van der Waals surface area contributed by atoms with Crippen molar-refractivity contribution in [2.45, 2.75) is 20.3 Å². The summed E-state index contributed by atoms with van der Waals surface area (Å²) in [6.45, 7) is 4.19. The minimum atomic E-state index is -0.470. The third-order valence-corrected chi connectivity index (χ3v) is 3.88. The second-order valence-corrected chi connectivity index (χ2v) is 6.12. The minimum Gasteiger partial charge on any atom is -0.383 e. The van der Waals surface area contributed by atoms with Gasteiger partial charge in [-0.05, 0) is 46.5 Å². The second-order valence-electron chi connectivity index (χ2n) is 4.92. The molecular formula is C14H14BrClFN3. The fraction of sp³-hybridized carbons (Fsp3) is 0.286. The Morgan fingerprint density at radius 3 is 2.65 bits per heavy atom. The van der Waals surface area contributed by atoms with Crippen LogP contribution in [0.2, 0.25) is 5.02 Å². The first kappa shape index (κ1) is 15.2. The topological polar surface area (TPSA) is 51.8 Å². The lowest BCUT2D eigenvalue weighted by Crippen LogP contribution is -2.05. The number of aromatic nitrogens is 2. The Bertz CT molecular complexity index is 647. The van der Waals surface area contributed by atoms with E-state index in [1.54, 1.807) is 6.07 Å². The quantitative estimate of drug-likeness (QED) is 0.880. The summed E-state index contributed by atoms with van der Waals surface area (Å²) in [4.78, 5) is 8.72. The molecule has 1 heterocycles. The number of hydrogen-bond acceptors (Lipinski definition) is 3. The number of nitrogens with two attached hydrogens (primary N) is 1. The van der Waals surface area contributed by atoms with Crippen molar-refractivity contribution in [1.29, 1.82) is 0 Å². The van der Waals surface area contributed by atoms with E-state index in [9.17, 15) is 4.39 Å². The van der Waals surface area contributed by atoms with Gasteiger partial charge in [0.05, 0.1) is 15.2 Å². The van der Waals surface area contributed by atoms with Crippen LogP contribution >= 0.6 is 27.5 Å². The van der Waals surface area contributed by atoms with E-state index in [4.69, 9.17) is 17.3 Å². The van der Waals surface area contributed by atoms with Gasteiger partial charge in [-0.1, -0.05) is 25.4 Å². The Hall–Kier alpha value is -1.20. The van der Waals surface area contributed by atoms with Gasteiger partial charge in [0.25, 0.3) is 0 Å². The lowest BCUT2D eigenvalue weighted by molar-refractivity contribution is 0.628. The van der Waals surface area contributed by atoms with Gasteiger partial charge in [0.2, 0.25) is 0 Å². The molecule has 0 fully saturated rings. The predicted octanol–water partition coefficient (Wildman–Crippen LogP) is 4.48. The van der Waals surface area contributed by atoms with Crippen LogP contribution in [0.4, 0.5) is 10.2 Å². The average Bonchev–Trinajstić information content (AvgIpc) is 2.37. The highest BCUT2D eigenvalue weighted by Gasteiger charge is 2.13. The number of benzene rings is 1. The molecule has 0 aliphatic carbocycles. The molecule has 0 atom stereocenters. The standard InChI is InChI=1S/C14H14BrClFN3/c1-7(2)5-11-12(15)13(18)20-14(19-11)8-3-4-10(17)9(16)6-8/h3-4,6-7H,5H2,1-2H3,(H2,18,19,20). The van der Waals surface area contributed by atoms with E-state index < -0.39 is 5.82 Å². The van der Waals surface area contributed by atoms with Crippen LogP contribution in [0, 0.1) is 11.7 Å². The Kier molecular flexibility index (Phi) is 4.60. The van der Waals surface area contributed by atoms with Crippen molar-refractivity contribution >= 4 is 33.3 Å². The number of anilines is 1. The van der Waals surface area contributed by atoms with Crippen LogP contribution in [0.1, 0.15) is 19.5 Å². The molecule has 3 nitrogen and oxygen atoms in total. The Morgan fingerprint density at radius 1 is 1.35 bits per heavy atom. The molecule has 0 spiro atoms. The highest BCUT2D eigenvalue weighted by Crippen LogP contribution is 2.28. The van der Waals surface area contributed by atoms with Gasteiger partial charge in [0.1, 0.15) is 11.6 Å². The van der Waals surface area contributed by atoms with Crippen LogP contribution in [-0.4, -0.2) is 9.97 Å². The molecule has 0 saturated heterocycles. The van der Waals surface area contributed by atoms with Crippen molar-refractivity contribution in [3.05, 3.63) is 39.2 Å². The highest BCUT2D eigenvalue weighted by atomic mass is 79.9. The molecule has 0 aliphatic rings. The maximum absolute atomic E-state index is 13.2. The zero-order valence-corrected chi connectivity index (χ0v) is 13.5. The van der Waals surface area contributed by atoms with Gasteiger partial charge in [-0.15, -0.1) is 0 Å². The van der Waals surface area contributed by atoms with Gasteiger partial charge < -0.3 is 5.73 Å². The molecule has 0 bridgehead atoms. The molecule has 2 rings (SSSR count). The van der Waals surface area contributed by atoms with Crippen LogP contribution in [-0.2, 0) is 6.42 Å². The van der Waals surface area contributed by atoms with Crippen molar-refractivity contribution in [2.75, 3.05) is 5.73 Å². The predicted molar refractivity (Wildman–Crippen MR) is 83.1 cm³/mol. The minimum absolute atomic E-state index is 0.0398. The van der Waals surface area contributed by atoms with E-state index >= 15 is 0 Å². The van der Waals surface area contributed by atoms with E-state index in [0.29, 0.717) is 27.6 Å². The zero-order valence-electron chi connectivity index (χ0n) is 11.1. The molecule has 2 N–H and O–H groups in total. The molecule has 6 heteroatoms. The smallest absolute Gasteiger partial charge is 0.161 e. The van der Waals surface area contributed by atoms with Crippen molar-refractivity contribution in [3.63, 3.8) is 0 Å². The van der Waals surface area contributed by atoms with Gasteiger partial charge >= 0.3 is 0 Å². The van der Waals surface area contributed by atoms with E-state index in [2.05, 4.69) is 39.7 Å². The van der Waals surface area contributed by atoms with Crippen LogP contribution in [0.5, 0.6) is 0 Å². The molecule has 0 saturated carbocycles. The molecule has 0 amide bonds. The largest absolute Gasteiger partial charge is 0.383 e.